The third-order valence-electron chi connectivity index (χ3n) is 4.66. The lowest BCUT2D eigenvalue weighted by Crippen LogP contribution is -2.09. The van der Waals surface area contributed by atoms with E-state index in [0.717, 1.165) is 11.1 Å². The Morgan fingerprint density at radius 2 is 1.71 bits per heavy atom. The van der Waals surface area contributed by atoms with Crippen molar-refractivity contribution in [1.29, 1.82) is 0 Å². The van der Waals surface area contributed by atoms with Crippen molar-refractivity contribution in [3.8, 4) is 17.2 Å². The van der Waals surface area contributed by atoms with Crippen molar-refractivity contribution in [3.05, 3.63) is 97.3 Å². The van der Waals surface area contributed by atoms with E-state index < -0.39 is 5.97 Å². The molecule has 0 radical (unpaired) electrons. The summed E-state index contributed by atoms with van der Waals surface area (Å²) in [6, 6.07) is 15.0. The lowest BCUT2D eigenvalue weighted by molar-refractivity contribution is 0.0734. The van der Waals surface area contributed by atoms with Crippen LogP contribution in [-0.2, 0) is 0 Å². The minimum absolute atomic E-state index is 0.0478. The number of carbonyl (C=O) groups excluding carboxylic acids is 1. The van der Waals surface area contributed by atoms with E-state index >= 15 is 0 Å². The van der Waals surface area contributed by atoms with E-state index in [1.165, 1.54) is 24.5 Å². The maximum absolute atomic E-state index is 12.8. The first kappa shape index (κ1) is 21.2. The first-order valence-corrected chi connectivity index (χ1v) is 10.5. The maximum Gasteiger partial charge on any atom is 0.344 e. The third kappa shape index (κ3) is 4.36. The van der Waals surface area contributed by atoms with Crippen molar-refractivity contribution in [2.75, 3.05) is 0 Å². The van der Waals surface area contributed by atoms with E-state index in [9.17, 15) is 9.59 Å². The van der Waals surface area contributed by atoms with Gasteiger partial charge in [0.05, 0.1) is 10.9 Å². The molecular weight excluding hydrogens is 484 g/mol. The molecule has 1 aromatic heterocycles. The van der Waals surface area contributed by atoms with Crippen molar-refractivity contribution in [2.45, 2.75) is 13.8 Å². The minimum Gasteiger partial charge on any atom is -0.460 e. The highest BCUT2D eigenvalue weighted by atomic mass is 79.9. The molecule has 0 aliphatic heterocycles. The monoisotopic (exact) mass is 498 g/mol. The maximum atomic E-state index is 12.8. The third-order valence-corrected chi connectivity index (χ3v) is 5.94. The van der Waals surface area contributed by atoms with Crippen LogP contribution >= 0.6 is 27.5 Å². The molecule has 0 N–H and O–H groups in total. The lowest BCUT2D eigenvalue weighted by atomic mass is 10.1. The Morgan fingerprint density at radius 1 is 1.00 bits per heavy atom. The summed E-state index contributed by atoms with van der Waals surface area (Å²) in [6.45, 7) is 3.73. The van der Waals surface area contributed by atoms with Gasteiger partial charge in [0.15, 0.2) is 0 Å². The summed E-state index contributed by atoms with van der Waals surface area (Å²) in [5.41, 5.74) is 2.02. The van der Waals surface area contributed by atoms with Gasteiger partial charge >= 0.3 is 5.97 Å². The zero-order valence-corrected chi connectivity index (χ0v) is 18.9. The topological polar surface area (TPSA) is 65.7 Å². The van der Waals surface area contributed by atoms with Gasteiger partial charge < -0.3 is 13.9 Å². The minimum atomic E-state index is -0.525. The molecular formula is C24H16BrClO5. The summed E-state index contributed by atoms with van der Waals surface area (Å²) in [5.74, 6) is 0.272. The molecule has 4 aromatic rings. The number of hydrogen-bond acceptors (Lipinski definition) is 5. The molecule has 5 nitrogen and oxygen atoms in total. The summed E-state index contributed by atoms with van der Waals surface area (Å²) >= 11 is 9.51. The van der Waals surface area contributed by atoms with E-state index in [2.05, 4.69) is 15.9 Å². The number of benzene rings is 3. The van der Waals surface area contributed by atoms with E-state index in [0.29, 0.717) is 26.2 Å². The fraction of sp³-hybridized carbons (Fsp3) is 0.0833. The zero-order valence-electron chi connectivity index (χ0n) is 16.6. The number of halogens is 2. The van der Waals surface area contributed by atoms with E-state index in [1.807, 2.05) is 13.8 Å². The molecule has 156 valence electrons. The largest absolute Gasteiger partial charge is 0.460 e. The highest BCUT2D eigenvalue weighted by molar-refractivity contribution is 9.10. The molecule has 3 aromatic carbocycles. The second kappa shape index (κ2) is 8.57. The van der Waals surface area contributed by atoms with Crippen molar-refractivity contribution in [1.82, 2.24) is 0 Å². The van der Waals surface area contributed by atoms with Crippen molar-refractivity contribution >= 4 is 44.5 Å². The highest BCUT2D eigenvalue weighted by Gasteiger charge is 2.15. The van der Waals surface area contributed by atoms with Crippen LogP contribution in [0.2, 0.25) is 5.02 Å². The molecule has 0 fully saturated rings. The predicted octanol–water partition coefficient (Wildman–Crippen LogP) is 6.84. The van der Waals surface area contributed by atoms with Crippen LogP contribution in [0.15, 0.2) is 74.5 Å². The summed E-state index contributed by atoms with van der Waals surface area (Å²) < 4.78 is 17.4. The van der Waals surface area contributed by atoms with Gasteiger partial charge in [0, 0.05) is 15.6 Å². The fourth-order valence-corrected chi connectivity index (χ4v) is 3.66. The van der Waals surface area contributed by atoms with Gasteiger partial charge in [-0.1, -0.05) is 23.7 Å². The van der Waals surface area contributed by atoms with Crippen LogP contribution in [0.25, 0.3) is 11.0 Å². The Kier molecular flexibility index (Phi) is 5.85. The Labute approximate surface area is 191 Å². The second-order valence-corrected chi connectivity index (χ2v) is 8.16. The Hall–Kier alpha value is -3.09. The van der Waals surface area contributed by atoms with E-state index in [-0.39, 0.29) is 22.5 Å². The number of rotatable bonds is 4. The van der Waals surface area contributed by atoms with Crippen molar-refractivity contribution in [2.24, 2.45) is 0 Å². The summed E-state index contributed by atoms with van der Waals surface area (Å²) in [5, 5.41) is 0.961. The number of esters is 1. The van der Waals surface area contributed by atoms with Crippen molar-refractivity contribution < 1.29 is 18.7 Å². The quantitative estimate of drug-likeness (QED) is 0.227. The van der Waals surface area contributed by atoms with Gasteiger partial charge in [-0.15, -0.1) is 0 Å². The second-order valence-electron chi connectivity index (χ2n) is 6.93. The molecule has 0 unspecified atom stereocenters. The van der Waals surface area contributed by atoms with Crippen LogP contribution in [0.4, 0.5) is 0 Å². The molecule has 0 spiro atoms. The van der Waals surface area contributed by atoms with Crippen LogP contribution in [-0.4, -0.2) is 5.97 Å². The van der Waals surface area contributed by atoms with Gasteiger partial charge in [0.25, 0.3) is 0 Å². The van der Waals surface area contributed by atoms with Gasteiger partial charge in [0.2, 0.25) is 11.2 Å². The number of carbonyl (C=O) groups is 1. The SMILES string of the molecule is Cc1cc(Oc2coc3cc(OC(=O)c4ccccc4Br)ccc3c2=O)cc(C)c1Cl. The average Bonchev–Trinajstić information content (AvgIpc) is 2.74. The first-order valence-electron chi connectivity index (χ1n) is 9.30. The molecule has 0 aliphatic rings. The predicted molar refractivity (Wildman–Crippen MR) is 123 cm³/mol. The van der Waals surface area contributed by atoms with E-state index in [1.54, 1.807) is 36.4 Å². The van der Waals surface area contributed by atoms with Gasteiger partial charge in [-0.2, -0.15) is 0 Å². The molecule has 0 atom stereocenters. The standard InChI is InChI=1S/C24H16BrClO5/c1-13-9-16(10-14(2)22(13)26)30-21-12-29-20-11-15(7-8-18(20)23(21)27)31-24(28)17-5-3-4-6-19(17)25/h3-12H,1-2H3. The average molecular weight is 500 g/mol. The molecule has 0 saturated heterocycles. The van der Waals surface area contributed by atoms with Crippen LogP contribution < -0.4 is 14.9 Å². The van der Waals surface area contributed by atoms with Crippen molar-refractivity contribution in [3.63, 3.8) is 0 Å². The molecule has 0 saturated carbocycles. The fourth-order valence-electron chi connectivity index (χ4n) is 3.11. The highest BCUT2D eigenvalue weighted by Crippen LogP contribution is 2.29. The number of fused-ring (bicyclic) bond motifs is 1. The Morgan fingerprint density at radius 3 is 2.42 bits per heavy atom. The molecule has 31 heavy (non-hydrogen) atoms. The zero-order chi connectivity index (χ0) is 22.1. The normalized spacial score (nSPS) is 10.8. The molecule has 1 heterocycles. The van der Waals surface area contributed by atoms with Crippen LogP contribution in [0, 0.1) is 13.8 Å². The van der Waals surface area contributed by atoms with Gasteiger partial charge in [-0.05, 0) is 77.3 Å². The Balaban J connectivity index is 1.62. The van der Waals surface area contributed by atoms with Crippen LogP contribution in [0.3, 0.4) is 0 Å². The molecule has 4 rings (SSSR count). The molecule has 0 amide bonds. The van der Waals surface area contributed by atoms with Crippen LogP contribution in [0.1, 0.15) is 21.5 Å². The smallest absolute Gasteiger partial charge is 0.344 e. The number of aryl methyl sites for hydroxylation is 2. The Bertz CT molecular complexity index is 1350. The van der Waals surface area contributed by atoms with Gasteiger partial charge in [-0.25, -0.2) is 4.79 Å². The molecule has 7 heteroatoms. The van der Waals surface area contributed by atoms with Crippen LogP contribution in [0.5, 0.6) is 17.2 Å². The van der Waals surface area contributed by atoms with Gasteiger partial charge in [-0.3, -0.25) is 4.79 Å². The first-order chi connectivity index (χ1) is 14.8. The number of hydrogen-bond donors (Lipinski definition) is 0. The van der Waals surface area contributed by atoms with Gasteiger partial charge in [0.1, 0.15) is 23.3 Å². The lowest BCUT2D eigenvalue weighted by Gasteiger charge is -2.10. The summed E-state index contributed by atoms with van der Waals surface area (Å²) in [7, 11) is 0. The number of ether oxygens (including phenoxy) is 2. The summed E-state index contributed by atoms with van der Waals surface area (Å²) in [4.78, 5) is 25.2. The molecule has 0 bridgehead atoms. The molecule has 0 aliphatic carbocycles. The van der Waals surface area contributed by atoms with E-state index in [4.69, 9.17) is 25.5 Å². The summed E-state index contributed by atoms with van der Waals surface area (Å²) in [6.07, 6.45) is 1.24.